The normalized spacial score (nSPS) is 12.3. The molecule has 30 heavy (non-hydrogen) atoms. The Labute approximate surface area is 177 Å². The van der Waals surface area contributed by atoms with Crippen molar-refractivity contribution in [3.05, 3.63) is 77.9 Å². The number of fused-ring (bicyclic) bond motifs is 1. The molecule has 0 aromatic heterocycles. The van der Waals surface area contributed by atoms with Crippen LogP contribution in [0.4, 0.5) is 0 Å². The van der Waals surface area contributed by atoms with E-state index < -0.39 is 0 Å². The maximum Gasteiger partial charge on any atom is 0.244 e. The summed E-state index contributed by atoms with van der Waals surface area (Å²) in [5.41, 5.74) is 2.01. The van der Waals surface area contributed by atoms with E-state index in [0.717, 1.165) is 33.4 Å². The second-order valence-electron chi connectivity index (χ2n) is 7.27. The van der Waals surface area contributed by atoms with Crippen LogP contribution in [0.15, 0.2) is 66.7 Å². The molecule has 3 rings (SSSR count). The van der Waals surface area contributed by atoms with Gasteiger partial charge in [0.2, 0.25) is 5.91 Å². The SMILES string of the molecule is COc1ccc2cc(/C=C/C(=O)NC[C@@H](c3ccccc3OC)N(C)C)ccc2c1. The Morgan fingerprint density at radius 3 is 2.47 bits per heavy atom. The molecule has 0 aliphatic heterocycles. The number of ether oxygens (including phenoxy) is 2. The second-order valence-corrected chi connectivity index (χ2v) is 7.27. The molecular formula is C25H28N2O3. The first kappa shape index (κ1) is 21.4. The summed E-state index contributed by atoms with van der Waals surface area (Å²) in [4.78, 5) is 14.5. The minimum Gasteiger partial charge on any atom is -0.497 e. The highest BCUT2D eigenvalue weighted by atomic mass is 16.5. The summed E-state index contributed by atoms with van der Waals surface area (Å²) in [6.07, 6.45) is 3.40. The summed E-state index contributed by atoms with van der Waals surface area (Å²) < 4.78 is 10.7. The molecule has 0 unspecified atom stereocenters. The molecule has 0 bridgehead atoms. The van der Waals surface area contributed by atoms with E-state index in [-0.39, 0.29) is 11.9 Å². The van der Waals surface area contributed by atoms with E-state index in [1.165, 1.54) is 0 Å². The molecule has 0 saturated heterocycles. The maximum absolute atomic E-state index is 12.4. The Balaban J connectivity index is 1.66. The molecule has 0 fully saturated rings. The summed E-state index contributed by atoms with van der Waals surface area (Å²) in [5, 5.41) is 5.19. The van der Waals surface area contributed by atoms with Crippen LogP contribution >= 0.6 is 0 Å². The number of carbonyl (C=O) groups is 1. The van der Waals surface area contributed by atoms with Crippen molar-refractivity contribution < 1.29 is 14.3 Å². The molecule has 5 heteroatoms. The molecule has 1 N–H and O–H groups in total. The van der Waals surface area contributed by atoms with Gasteiger partial charge < -0.3 is 19.7 Å². The highest BCUT2D eigenvalue weighted by Crippen LogP contribution is 2.27. The standard InChI is InChI=1S/C25H28N2O3/c1-27(2)23(22-7-5-6-8-24(22)30-4)17-26-25(28)14-10-18-9-11-20-16-21(29-3)13-12-19(20)15-18/h5-16,23H,17H2,1-4H3,(H,26,28)/b14-10+/t23-/m0/s1. The van der Waals surface area contributed by atoms with E-state index in [2.05, 4.69) is 16.3 Å². The van der Waals surface area contributed by atoms with Gasteiger partial charge in [0, 0.05) is 18.2 Å². The Morgan fingerprint density at radius 2 is 1.73 bits per heavy atom. The molecule has 156 valence electrons. The number of methoxy groups -OCH3 is 2. The number of hydrogen-bond acceptors (Lipinski definition) is 4. The first-order valence-corrected chi connectivity index (χ1v) is 9.85. The number of likely N-dealkylation sites (N-methyl/N-ethyl adjacent to an activating group) is 1. The third kappa shape index (κ3) is 5.19. The number of para-hydroxylation sites is 1. The van der Waals surface area contributed by atoms with Crippen LogP contribution in [0.3, 0.4) is 0 Å². The van der Waals surface area contributed by atoms with E-state index >= 15 is 0 Å². The number of nitrogens with zero attached hydrogens (tertiary/aromatic N) is 1. The van der Waals surface area contributed by atoms with Crippen molar-refractivity contribution in [2.75, 3.05) is 34.9 Å². The van der Waals surface area contributed by atoms with Crippen molar-refractivity contribution in [1.82, 2.24) is 10.2 Å². The van der Waals surface area contributed by atoms with Crippen LogP contribution in [-0.2, 0) is 4.79 Å². The molecular weight excluding hydrogens is 376 g/mol. The van der Waals surface area contributed by atoms with Gasteiger partial charge in [-0.05, 0) is 60.8 Å². The summed E-state index contributed by atoms with van der Waals surface area (Å²) in [7, 11) is 7.30. The van der Waals surface area contributed by atoms with Crippen LogP contribution in [-0.4, -0.2) is 45.7 Å². The number of hydrogen-bond donors (Lipinski definition) is 1. The van der Waals surface area contributed by atoms with E-state index in [9.17, 15) is 4.79 Å². The first-order chi connectivity index (χ1) is 14.5. The van der Waals surface area contributed by atoms with Crippen molar-refractivity contribution in [2.45, 2.75) is 6.04 Å². The van der Waals surface area contributed by atoms with Gasteiger partial charge in [-0.2, -0.15) is 0 Å². The van der Waals surface area contributed by atoms with Crippen LogP contribution < -0.4 is 14.8 Å². The zero-order chi connectivity index (χ0) is 21.5. The summed E-state index contributed by atoms with van der Waals surface area (Å²) in [5.74, 6) is 1.51. The minimum absolute atomic E-state index is 0.00847. The maximum atomic E-state index is 12.4. The average Bonchev–Trinajstić information content (AvgIpc) is 2.77. The monoisotopic (exact) mass is 404 g/mol. The van der Waals surface area contributed by atoms with E-state index in [4.69, 9.17) is 9.47 Å². The highest BCUT2D eigenvalue weighted by molar-refractivity contribution is 5.93. The predicted molar refractivity (Wildman–Crippen MR) is 122 cm³/mol. The largest absolute Gasteiger partial charge is 0.497 e. The molecule has 0 aliphatic carbocycles. The first-order valence-electron chi connectivity index (χ1n) is 9.85. The molecule has 0 aliphatic rings. The smallest absolute Gasteiger partial charge is 0.244 e. The highest BCUT2D eigenvalue weighted by Gasteiger charge is 2.18. The van der Waals surface area contributed by atoms with Gasteiger partial charge >= 0.3 is 0 Å². The third-order valence-electron chi connectivity index (χ3n) is 5.09. The van der Waals surface area contributed by atoms with Gasteiger partial charge in [-0.25, -0.2) is 0 Å². The quantitative estimate of drug-likeness (QED) is 0.569. The van der Waals surface area contributed by atoms with Gasteiger partial charge in [0.25, 0.3) is 0 Å². The molecule has 3 aromatic rings. The zero-order valence-electron chi connectivity index (χ0n) is 17.9. The molecule has 0 saturated carbocycles. The van der Waals surface area contributed by atoms with Gasteiger partial charge in [-0.3, -0.25) is 4.79 Å². The Kier molecular flexibility index (Phi) is 7.09. The number of nitrogens with one attached hydrogen (secondary N) is 1. The predicted octanol–water partition coefficient (Wildman–Crippen LogP) is 4.29. The van der Waals surface area contributed by atoms with Gasteiger partial charge in [-0.15, -0.1) is 0 Å². The van der Waals surface area contributed by atoms with Gasteiger partial charge in [-0.1, -0.05) is 36.4 Å². The van der Waals surface area contributed by atoms with Crippen LogP contribution in [0.5, 0.6) is 11.5 Å². The van der Waals surface area contributed by atoms with Gasteiger partial charge in [0.15, 0.2) is 0 Å². The van der Waals surface area contributed by atoms with Crippen LogP contribution in [0.2, 0.25) is 0 Å². The zero-order valence-corrected chi connectivity index (χ0v) is 17.9. The summed E-state index contributed by atoms with van der Waals surface area (Å²) >= 11 is 0. The van der Waals surface area contributed by atoms with E-state index in [0.29, 0.717) is 6.54 Å². The second kappa shape index (κ2) is 9.94. The fraction of sp³-hybridized carbons (Fsp3) is 0.240. The summed E-state index contributed by atoms with van der Waals surface area (Å²) in [6, 6.07) is 19.9. The van der Waals surface area contributed by atoms with Crippen molar-refractivity contribution in [3.63, 3.8) is 0 Å². The molecule has 0 spiro atoms. The van der Waals surface area contributed by atoms with Gasteiger partial charge in [0.05, 0.1) is 20.3 Å². The fourth-order valence-corrected chi connectivity index (χ4v) is 3.41. The molecule has 0 radical (unpaired) electrons. The molecule has 1 amide bonds. The van der Waals surface area contributed by atoms with Crippen molar-refractivity contribution in [2.24, 2.45) is 0 Å². The summed E-state index contributed by atoms with van der Waals surface area (Å²) in [6.45, 7) is 0.480. The minimum atomic E-state index is -0.133. The molecule has 1 atom stereocenters. The average molecular weight is 405 g/mol. The fourth-order valence-electron chi connectivity index (χ4n) is 3.41. The number of benzene rings is 3. The Morgan fingerprint density at radius 1 is 1.00 bits per heavy atom. The van der Waals surface area contributed by atoms with Crippen LogP contribution in [0.25, 0.3) is 16.8 Å². The van der Waals surface area contributed by atoms with Crippen LogP contribution in [0, 0.1) is 0 Å². The molecule has 3 aromatic carbocycles. The number of amides is 1. The lowest BCUT2D eigenvalue weighted by Gasteiger charge is -2.26. The number of carbonyl (C=O) groups excluding carboxylic acids is 1. The Hall–Kier alpha value is -3.31. The van der Waals surface area contributed by atoms with E-state index in [1.807, 2.05) is 74.8 Å². The van der Waals surface area contributed by atoms with Gasteiger partial charge in [0.1, 0.15) is 11.5 Å². The molecule has 5 nitrogen and oxygen atoms in total. The van der Waals surface area contributed by atoms with E-state index in [1.54, 1.807) is 20.3 Å². The van der Waals surface area contributed by atoms with Crippen LogP contribution in [0.1, 0.15) is 17.2 Å². The lowest BCUT2D eigenvalue weighted by molar-refractivity contribution is -0.116. The molecule has 0 heterocycles. The Bertz CT molecular complexity index is 1040. The number of rotatable bonds is 8. The van der Waals surface area contributed by atoms with Crippen molar-refractivity contribution in [3.8, 4) is 11.5 Å². The third-order valence-corrected chi connectivity index (χ3v) is 5.09. The lowest BCUT2D eigenvalue weighted by atomic mass is 10.0. The lowest BCUT2D eigenvalue weighted by Crippen LogP contribution is -2.33. The van der Waals surface area contributed by atoms with Crippen molar-refractivity contribution in [1.29, 1.82) is 0 Å². The van der Waals surface area contributed by atoms with Crippen molar-refractivity contribution >= 4 is 22.8 Å². The topological polar surface area (TPSA) is 50.8 Å².